The van der Waals surface area contributed by atoms with Gasteiger partial charge in [0.2, 0.25) is 0 Å². The molecule has 156 valence electrons. The molecule has 0 saturated carbocycles. The van der Waals surface area contributed by atoms with E-state index in [1.807, 2.05) is 36.7 Å². The van der Waals surface area contributed by atoms with Crippen LogP contribution in [0, 0.1) is 0 Å². The SMILES string of the molecule is CCOC(=O)CC(C)(C)NC(=O)c1cnn2c1NC(c1ccccc1)CC2(C)C. The van der Waals surface area contributed by atoms with Crippen LogP contribution >= 0.6 is 0 Å². The average molecular weight is 399 g/mol. The van der Waals surface area contributed by atoms with Gasteiger partial charge in [-0.05, 0) is 46.6 Å². The molecule has 0 radical (unpaired) electrons. The lowest BCUT2D eigenvalue weighted by molar-refractivity contribution is -0.144. The van der Waals surface area contributed by atoms with Gasteiger partial charge in [-0.1, -0.05) is 30.3 Å². The van der Waals surface area contributed by atoms with Crippen molar-refractivity contribution in [2.45, 2.75) is 64.6 Å². The number of anilines is 1. The minimum absolute atomic E-state index is 0.0782. The highest BCUT2D eigenvalue weighted by atomic mass is 16.5. The molecule has 1 aliphatic heterocycles. The number of esters is 1. The molecular formula is C22H30N4O3. The molecule has 0 saturated heterocycles. The van der Waals surface area contributed by atoms with Crippen molar-refractivity contribution >= 4 is 17.7 Å². The number of hydrogen-bond donors (Lipinski definition) is 2. The molecule has 1 amide bonds. The molecule has 2 heterocycles. The summed E-state index contributed by atoms with van der Waals surface area (Å²) in [7, 11) is 0. The molecule has 7 nitrogen and oxygen atoms in total. The number of rotatable bonds is 6. The molecule has 0 fully saturated rings. The maximum Gasteiger partial charge on any atom is 0.308 e. The number of nitrogens with zero attached hydrogens (tertiary/aromatic N) is 2. The zero-order chi connectivity index (χ0) is 21.2. The first kappa shape index (κ1) is 20.9. The van der Waals surface area contributed by atoms with E-state index in [4.69, 9.17) is 4.74 Å². The Hall–Kier alpha value is -2.83. The van der Waals surface area contributed by atoms with E-state index in [0.29, 0.717) is 18.0 Å². The maximum atomic E-state index is 13.0. The summed E-state index contributed by atoms with van der Waals surface area (Å²) in [6, 6.07) is 10.3. The van der Waals surface area contributed by atoms with Crippen LogP contribution in [-0.2, 0) is 15.1 Å². The molecule has 1 aliphatic rings. The van der Waals surface area contributed by atoms with Gasteiger partial charge >= 0.3 is 5.97 Å². The molecule has 1 aromatic heterocycles. The minimum Gasteiger partial charge on any atom is -0.466 e. The van der Waals surface area contributed by atoms with Gasteiger partial charge in [-0.2, -0.15) is 5.10 Å². The molecule has 29 heavy (non-hydrogen) atoms. The Labute approximate surface area is 171 Å². The largest absolute Gasteiger partial charge is 0.466 e. The summed E-state index contributed by atoms with van der Waals surface area (Å²) in [5, 5.41) is 10.9. The molecule has 0 spiro atoms. The van der Waals surface area contributed by atoms with Gasteiger partial charge < -0.3 is 15.4 Å². The number of benzene rings is 1. The predicted molar refractivity (Wildman–Crippen MR) is 112 cm³/mol. The highest BCUT2D eigenvalue weighted by Gasteiger charge is 2.37. The van der Waals surface area contributed by atoms with E-state index >= 15 is 0 Å². The Balaban J connectivity index is 1.83. The Bertz CT molecular complexity index is 887. The fourth-order valence-electron chi connectivity index (χ4n) is 3.79. The first-order valence-corrected chi connectivity index (χ1v) is 10.0. The van der Waals surface area contributed by atoms with Gasteiger partial charge in [-0.3, -0.25) is 9.59 Å². The summed E-state index contributed by atoms with van der Waals surface area (Å²) in [4.78, 5) is 24.9. The number of carbonyl (C=O) groups is 2. The number of carbonyl (C=O) groups excluding carboxylic acids is 2. The highest BCUT2D eigenvalue weighted by molar-refractivity contribution is 5.99. The highest BCUT2D eigenvalue weighted by Crippen LogP contribution is 2.39. The topological polar surface area (TPSA) is 85.2 Å². The molecule has 2 aromatic rings. The molecular weight excluding hydrogens is 368 g/mol. The van der Waals surface area contributed by atoms with Gasteiger partial charge in [0.05, 0.1) is 30.8 Å². The number of fused-ring (bicyclic) bond motifs is 1. The van der Waals surface area contributed by atoms with Crippen LogP contribution in [0.5, 0.6) is 0 Å². The van der Waals surface area contributed by atoms with Crippen molar-refractivity contribution in [3.63, 3.8) is 0 Å². The zero-order valence-corrected chi connectivity index (χ0v) is 17.8. The summed E-state index contributed by atoms with van der Waals surface area (Å²) in [5.41, 5.74) is 0.652. The lowest BCUT2D eigenvalue weighted by atomic mass is 9.89. The van der Waals surface area contributed by atoms with E-state index in [0.717, 1.165) is 6.42 Å². The standard InChI is InChI=1S/C22H30N4O3/c1-6-29-18(27)13-21(2,3)25-20(28)16-14-23-26-19(16)24-17(12-22(26,4)5)15-10-8-7-9-11-15/h7-11,14,17,24H,6,12-13H2,1-5H3,(H,25,28). The van der Waals surface area contributed by atoms with Crippen LogP contribution in [0.1, 0.15) is 69.4 Å². The van der Waals surface area contributed by atoms with Crippen molar-refractivity contribution in [2.24, 2.45) is 0 Å². The summed E-state index contributed by atoms with van der Waals surface area (Å²) < 4.78 is 6.89. The van der Waals surface area contributed by atoms with Crippen LogP contribution in [0.15, 0.2) is 36.5 Å². The van der Waals surface area contributed by atoms with Crippen molar-refractivity contribution < 1.29 is 14.3 Å². The second-order valence-corrected chi connectivity index (χ2v) is 8.76. The van der Waals surface area contributed by atoms with Crippen LogP contribution in [-0.4, -0.2) is 33.8 Å². The van der Waals surface area contributed by atoms with E-state index in [1.165, 1.54) is 5.56 Å². The molecule has 1 atom stereocenters. The molecule has 2 N–H and O–H groups in total. The molecule has 0 aliphatic carbocycles. The van der Waals surface area contributed by atoms with E-state index in [-0.39, 0.29) is 29.9 Å². The Morgan fingerprint density at radius 3 is 2.66 bits per heavy atom. The van der Waals surface area contributed by atoms with Gasteiger partial charge in [-0.15, -0.1) is 0 Å². The van der Waals surface area contributed by atoms with E-state index in [9.17, 15) is 9.59 Å². The van der Waals surface area contributed by atoms with Gasteiger partial charge in [-0.25, -0.2) is 4.68 Å². The average Bonchev–Trinajstić information content (AvgIpc) is 3.06. The van der Waals surface area contributed by atoms with Crippen molar-refractivity contribution in [1.29, 1.82) is 0 Å². The van der Waals surface area contributed by atoms with Gasteiger partial charge in [0.25, 0.3) is 5.91 Å². The third kappa shape index (κ3) is 4.60. The number of hydrogen-bond acceptors (Lipinski definition) is 5. The normalized spacial score (nSPS) is 17.8. The Kier molecular flexibility index (Phi) is 5.68. The summed E-state index contributed by atoms with van der Waals surface area (Å²) in [5.74, 6) is 0.0929. The smallest absolute Gasteiger partial charge is 0.308 e. The van der Waals surface area contributed by atoms with E-state index in [2.05, 4.69) is 41.7 Å². The molecule has 0 bridgehead atoms. The van der Waals surface area contributed by atoms with Gasteiger partial charge in [0.15, 0.2) is 0 Å². The van der Waals surface area contributed by atoms with E-state index in [1.54, 1.807) is 13.1 Å². The quantitative estimate of drug-likeness (QED) is 0.726. The van der Waals surface area contributed by atoms with Crippen LogP contribution in [0.2, 0.25) is 0 Å². The van der Waals surface area contributed by atoms with E-state index < -0.39 is 5.54 Å². The monoisotopic (exact) mass is 398 g/mol. The molecule has 7 heteroatoms. The molecule has 1 aromatic carbocycles. The Morgan fingerprint density at radius 2 is 2.00 bits per heavy atom. The third-order valence-electron chi connectivity index (χ3n) is 5.15. The minimum atomic E-state index is -0.735. The summed E-state index contributed by atoms with van der Waals surface area (Å²) >= 11 is 0. The maximum absolute atomic E-state index is 13.0. The predicted octanol–water partition coefficient (Wildman–Crippen LogP) is 3.64. The van der Waals surface area contributed by atoms with Gasteiger partial charge in [0.1, 0.15) is 11.4 Å². The van der Waals surface area contributed by atoms with Gasteiger partial charge in [0, 0.05) is 5.54 Å². The van der Waals surface area contributed by atoms with Crippen molar-refractivity contribution in [3.8, 4) is 0 Å². The first-order valence-electron chi connectivity index (χ1n) is 10.0. The number of ether oxygens (including phenoxy) is 1. The molecule has 1 unspecified atom stereocenters. The lowest BCUT2D eigenvalue weighted by Gasteiger charge is -2.38. The first-order chi connectivity index (χ1) is 13.6. The fraction of sp³-hybridized carbons (Fsp3) is 0.500. The van der Waals surface area contributed by atoms with Crippen LogP contribution in [0.25, 0.3) is 0 Å². The Morgan fingerprint density at radius 1 is 1.31 bits per heavy atom. The second-order valence-electron chi connectivity index (χ2n) is 8.76. The lowest BCUT2D eigenvalue weighted by Crippen LogP contribution is -2.45. The summed E-state index contributed by atoms with van der Waals surface area (Å²) in [6.07, 6.45) is 2.54. The zero-order valence-electron chi connectivity index (χ0n) is 17.8. The van der Waals surface area contributed by atoms with Crippen LogP contribution in [0.3, 0.4) is 0 Å². The van der Waals surface area contributed by atoms with Crippen molar-refractivity contribution in [2.75, 3.05) is 11.9 Å². The van der Waals surface area contributed by atoms with Crippen LogP contribution in [0.4, 0.5) is 5.82 Å². The summed E-state index contributed by atoms with van der Waals surface area (Å²) in [6.45, 7) is 9.93. The second kappa shape index (κ2) is 7.89. The molecule has 3 rings (SSSR count). The number of aromatic nitrogens is 2. The number of amides is 1. The van der Waals surface area contributed by atoms with Crippen molar-refractivity contribution in [3.05, 3.63) is 47.7 Å². The van der Waals surface area contributed by atoms with Crippen LogP contribution < -0.4 is 10.6 Å². The fourth-order valence-corrected chi connectivity index (χ4v) is 3.79. The third-order valence-corrected chi connectivity index (χ3v) is 5.15. The number of nitrogens with one attached hydrogen (secondary N) is 2. The van der Waals surface area contributed by atoms with Crippen molar-refractivity contribution in [1.82, 2.24) is 15.1 Å².